The molecule has 1 aliphatic rings. The van der Waals surface area contributed by atoms with Crippen LogP contribution in [0.4, 0.5) is 0 Å². The molecule has 1 aliphatic heterocycles. The van der Waals surface area contributed by atoms with Crippen molar-refractivity contribution in [1.29, 1.82) is 0 Å². The molecule has 0 saturated carbocycles. The third-order valence-electron chi connectivity index (χ3n) is 3.04. The lowest BCUT2D eigenvalue weighted by molar-refractivity contribution is -0.162. The Morgan fingerprint density at radius 2 is 1.82 bits per heavy atom. The predicted molar refractivity (Wildman–Crippen MR) is 68.6 cm³/mol. The van der Waals surface area contributed by atoms with Gasteiger partial charge in [0.15, 0.2) is 5.00 Å². The summed E-state index contributed by atoms with van der Waals surface area (Å²) in [4.78, 5) is 12.4. The number of β-lactam (4-membered cyclic amide) rings is 1. The van der Waals surface area contributed by atoms with Crippen molar-refractivity contribution in [3.63, 3.8) is 0 Å². The lowest BCUT2D eigenvalue weighted by Crippen LogP contribution is -2.74. The summed E-state index contributed by atoms with van der Waals surface area (Å²) in [6.07, 6.45) is 0. The lowest BCUT2D eigenvalue weighted by atomic mass is 9.83. The topological polar surface area (TPSA) is 46.3 Å². The minimum absolute atomic E-state index is 0.208. The molecule has 1 aromatic rings. The highest BCUT2D eigenvalue weighted by Gasteiger charge is 2.61. The fourth-order valence-corrected chi connectivity index (χ4v) is 2.57. The molecule has 17 heavy (non-hydrogen) atoms. The highest BCUT2D eigenvalue weighted by molar-refractivity contribution is 6.37. The van der Waals surface area contributed by atoms with Crippen LogP contribution < -0.4 is 5.73 Å². The van der Waals surface area contributed by atoms with E-state index in [0.29, 0.717) is 0 Å². The molecule has 1 saturated heterocycles. The van der Waals surface area contributed by atoms with E-state index in [1.165, 1.54) is 0 Å². The molecule has 0 radical (unpaired) electrons. The van der Waals surface area contributed by atoms with Gasteiger partial charge >= 0.3 is 0 Å². The summed E-state index contributed by atoms with van der Waals surface area (Å²) in [5.74, 6) is -0.208. The number of hydrogen-bond donors (Lipinski definition) is 1. The van der Waals surface area contributed by atoms with Crippen molar-refractivity contribution in [2.24, 2.45) is 5.73 Å². The van der Waals surface area contributed by atoms with E-state index in [1.54, 1.807) is 4.90 Å². The molecule has 0 aromatic heterocycles. The maximum Gasteiger partial charge on any atom is 0.261 e. The van der Waals surface area contributed by atoms with Crippen LogP contribution in [0.15, 0.2) is 30.3 Å². The van der Waals surface area contributed by atoms with E-state index < -0.39 is 5.00 Å². The van der Waals surface area contributed by atoms with Crippen LogP contribution in [-0.2, 0) is 4.79 Å². The summed E-state index contributed by atoms with van der Waals surface area (Å²) in [6.45, 7) is 5.94. The molecule has 3 nitrogen and oxygen atoms in total. The molecule has 1 amide bonds. The first-order valence-corrected chi connectivity index (χ1v) is 6.00. The molecule has 0 bridgehead atoms. The van der Waals surface area contributed by atoms with E-state index in [1.807, 2.05) is 51.1 Å². The molecular weight excluding hydrogens is 236 g/mol. The van der Waals surface area contributed by atoms with Crippen molar-refractivity contribution in [3.8, 4) is 0 Å². The van der Waals surface area contributed by atoms with E-state index >= 15 is 0 Å². The zero-order valence-electron chi connectivity index (χ0n) is 10.3. The monoisotopic (exact) mass is 252 g/mol. The summed E-state index contributed by atoms with van der Waals surface area (Å²) < 4.78 is 0. The van der Waals surface area contributed by atoms with Gasteiger partial charge < -0.3 is 10.6 Å². The number of rotatable bonds is 1. The average Bonchev–Trinajstić information content (AvgIpc) is 2.24. The normalized spacial score (nSPS) is 29.1. The fourth-order valence-electron chi connectivity index (χ4n) is 2.26. The Bertz CT molecular complexity index is 436. The second-order valence-corrected chi connectivity index (χ2v) is 6.05. The second-order valence-electron chi connectivity index (χ2n) is 5.43. The number of likely N-dealkylation sites (tertiary alicyclic amines) is 1. The quantitative estimate of drug-likeness (QED) is 0.473. The number of benzene rings is 1. The number of hydrogen-bond acceptors (Lipinski definition) is 2. The number of nitrogens with zero attached hydrogens (tertiary/aromatic N) is 1. The number of carbonyl (C=O) groups excluding carboxylic acids is 1. The number of halogens is 1. The molecule has 1 heterocycles. The summed E-state index contributed by atoms with van der Waals surface area (Å²) in [6, 6.07) is 9.40. The fraction of sp³-hybridized carbons (Fsp3) is 0.462. The van der Waals surface area contributed by atoms with Crippen LogP contribution in [0.2, 0.25) is 0 Å². The Labute approximate surface area is 107 Å². The third kappa shape index (κ3) is 1.83. The smallest absolute Gasteiger partial charge is 0.261 e. The van der Waals surface area contributed by atoms with Crippen molar-refractivity contribution < 1.29 is 4.79 Å². The lowest BCUT2D eigenvalue weighted by Gasteiger charge is -2.56. The van der Waals surface area contributed by atoms with Gasteiger partial charge in [-0.2, -0.15) is 0 Å². The van der Waals surface area contributed by atoms with Crippen molar-refractivity contribution in [1.82, 2.24) is 4.90 Å². The zero-order chi connectivity index (χ0) is 12.8. The van der Waals surface area contributed by atoms with Gasteiger partial charge in [-0.05, 0) is 26.3 Å². The minimum atomic E-state index is -1.31. The molecule has 1 aromatic carbocycles. The summed E-state index contributed by atoms with van der Waals surface area (Å²) in [5, 5.41) is 0. The molecular formula is C13H17ClN2O. The molecule has 2 unspecified atom stereocenters. The van der Waals surface area contributed by atoms with E-state index in [4.69, 9.17) is 17.3 Å². The van der Waals surface area contributed by atoms with Gasteiger partial charge in [0, 0.05) is 5.54 Å². The predicted octanol–water partition coefficient (Wildman–Crippen LogP) is 2.26. The summed E-state index contributed by atoms with van der Waals surface area (Å²) in [7, 11) is 0. The zero-order valence-corrected chi connectivity index (χ0v) is 11.0. The van der Waals surface area contributed by atoms with Crippen LogP contribution in [0.1, 0.15) is 32.4 Å². The Hall–Kier alpha value is -1.06. The maximum atomic E-state index is 12.0. The molecule has 0 spiro atoms. The van der Waals surface area contributed by atoms with Gasteiger partial charge in [-0.3, -0.25) is 4.79 Å². The Balaban J connectivity index is 2.41. The summed E-state index contributed by atoms with van der Waals surface area (Å²) >= 11 is 6.14. The number of carbonyl (C=O) groups is 1. The van der Waals surface area contributed by atoms with Crippen LogP contribution in [0, 0.1) is 0 Å². The van der Waals surface area contributed by atoms with Gasteiger partial charge in [-0.25, -0.2) is 0 Å². The van der Waals surface area contributed by atoms with E-state index in [-0.39, 0.29) is 17.5 Å². The van der Waals surface area contributed by atoms with Crippen LogP contribution in [0.25, 0.3) is 0 Å². The highest BCUT2D eigenvalue weighted by atomic mass is 35.5. The van der Waals surface area contributed by atoms with Crippen LogP contribution in [0.3, 0.4) is 0 Å². The number of alkyl halides is 1. The maximum absolute atomic E-state index is 12.0. The molecule has 4 heteroatoms. The van der Waals surface area contributed by atoms with Crippen LogP contribution >= 0.6 is 11.6 Å². The molecule has 2 N–H and O–H groups in total. The molecule has 1 fully saturated rings. The third-order valence-corrected chi connectivity index (χ3v) is 3.41. The average molecular weight is 253 g/mol. The van der Waals surface area contributed by atoms with Crippen LogP contribution in [0.5, 0.6) is 0 Å². The van der Waals surface area contributed by atoms with Gasteiger partial charge in [-0.1, -0.05) is 41.9 Å². The van der Waals surface area contributed by atoms with E-state index in [0.717, 1.165) is 5.56 Å². The van der Waals surface area contributed by atoms with Crippen molar-refractivity contribution in [2.45, 2.75) is 37.4 Å². The van der Waals surface area contributed by atoms with E-state index in [9.17, 15) is 4.79 Å². The number of nitrogens with two attached hydrogens (primary N) is 1. The van der Waals surface area contributed by atoms with E-state index in [2.05, 4.69) is 0 Å². The van der Waals surface area contributed by atoms with Crippen molar-refractivity contribution in [2.75, 3.05) is 0 Å². The first kappa shape index (κ1) is 12.4. The highest BCUT2D eigenvalue weighted by Crippen LogP contribution is 2.48. The van der Waals surface area contributed by atoms with Gasteiger partial charge in [0.05, 0.1) is 6.04 Å². The number of amides is 1. The Morgan fingerprint density at radius 1 is 1.29 bits per heavy atom. The first-order valence-electron chi connectivity index (χ1n) is 5.63. The molecule has 0 aliphatic carbocycles. The Kier molecular flexibility index (Phi) is 2.71. The SMILES string of the molecule is CC(C)(C)N1C(=O)C(N)(Cl)C1c1ccccc1. The molecule has 2 atom stereocenters. The van der Waals surface area contributed by atoms with Crippen LogP contribution in [-0.4, -0.2) is 21.3 Å². The molecule has 92 valence electrons. The molecule has 2 rings (SSSR count). The second kappa shape index (κ2) is 3.72. The Morgan fingerprint density at radius 3 is 2.29 bits per heavy atom. The van der Waals surface area contributed by atoms with Crippen molar-refractivity contribution in [3.05, 3.63) is 35.9 Å². The van der Waals surface area contributed by atoms with Gasteiger partial charge in [0.25, 0.3) is 5.91 Å². The van der Waals surface area contributed by atoms with Gasteiger partial charge in [0.1, 0.15) is 0 Å². The van der Waals surface area contributed by atoms with Crippen molar-refractivity contribution >= 4 is 17.5 Å². The largest absolute Gasteiger partial charge is 0.324 e. The van der Waals surface area contributed by atoms with Gasteiger partial charge in [0.2, 0.25) is 0 Å². The van der Waals surface area contributed by atoms with Gasteiger partial charge in [-0.15, -0.1) is 0 Å². The minimum Gasteiger partial charge on any atom is -0.324 e. The standard InChI is InChI=1S/C13H17ClN2O/c1-12(2,3)16-10(13(14,15)11(16)17)9-7-5-4-6-8-9/h4-8,10H,15H2,1-3H3. The first-order chi connectivity index (χ1) is 7.76. The summed E-state index contributed by atoms with van der Waals surface area (Å²) in [5.41, 5.74) is 6.59.